The number of para-hydroxylation sites is 1. The minimum Gasteiger partial charge on any atom is -0.457 e. The van der Waals surface area contributed by atoms with Crippen LogP contribution in [0, 0.1) is 12.8 Å². The lowest BCUT2D eigenvalue weighted by atomic mass is 10.0. The first-order chi connectivity index (χ1) is 15.0. The first kappa shape index (κ1) is 22.7. The molecule has 0 unspecified atom stereocenters. The molecule has 3 rings (SSSR count). The molecule has 0 spiro atoms. The highest BCUT2D eigenvalue weighted by molar-refractivity contribution is 5.80. The van der Waals surface area contributed by atoms with Crippen LogP contribution in [0.25, 0.3) is 0 Å². The van der Waals surface area contributed by atoms with Crippen LogP contribution in [0.1, 0.15) is 37.8 Å². The Balaban J connectivity index is 1.53. The van der Waals surface area contributed by atoms with Crippen molar-refractivity contribution in [2.75, 3.05) is 20.1 Å². The second-order valence-electron chi connectivity index (χ2n) is 8.35. The Labute approximate surface area is 185 Å². The van der Waals surface area contributed by atoms with Crippen LogP contribution < -0.4 is 15.4 Å². The Bertz CT molecular complexity index is 885. The van der Waals surface area contributed by atoms with E-state index >= 15 is 0 Å². The lowest BCUT2D eigenvalue weighted by molar-refractivity contribution is -0.135. The van der Waals surface area contributed by atoms with Crippen molar-refractivity contribution in [3.63, 3.8) is 0 Å². The number of likely N-dealkylation sites (tertiary alicyclic amines) is 1. The van der Waals surface area contributed by atoms with Crippen LogP contribution in [0.15, 0.2) is 53.5 Å². The lowest BCUT2D eigenvalue weighted by Gasteiger charge is -2.34. The third-order valence-electron chi connectivity index (χ3n) is 5.53. The lowest BCUT2D eigenvalue weighted by Crippen LogP contribution is -2.50. The third kappa shape index (κ3) is 6.48. The van der Waals surface area contributed by atoms with Crippen molar-refractivity contribution in [1.82, 2.24) is 15.5 Å². The summed E-state index contributed by atoms with van der Waals surface area (Å²) in [6.07, 6.45) is 1.85. The molecule has 1 aliphatic rings. The van der Waals surface area contributed by atoms with Crippen molar-refractivity contribution in [3.8, 4) is 11.5 Å². The van der Waals surface area contributed by atoms with Gasteiger partial charge in [0.1, 0.15) is 11.5 Å². The van der Waals surface area contributed by atoms with E-state index < -0.39 is 0 Å². The molecule has 1 saturated heterocycles. The molecular formula is C25H34N4O2. The zero-order valence-electron chi connectivity index (χ0n) is 19.0. The van der Waals surface area contributed by atoms with Gasteiger partial charge in [0.15, 0.2) is 5.96 Å². The number of guanidine groups is 1. The second-order valence-corrected chi connectivity index (χ2v) is 8.35. The molecule has 2 N–H and O–H groups in total. The van der Waals surface area contributed by atoms with Gasteiger partial charge in [0.25, 0.3) is 0 Å². The average molecular weight is 423 g/mol. The fourth-order valence-electron chi connectivity index (χ4n) is 3.66. The predicted molar refractivity (Wildman–Crippen MR) is 125 cm³/mol. The number of hydrogen-bond donors (Lipinski definition) is 2. The SMILES string of the molecule is CN=C(NCc1ccccc1Oc1ccc(C)cc1)NC1CCN(C(=O)C(C)C)CC1. The topological polar surface area (TPSA) is 66.0 Å². The standard InChI is InChI=1S/C25H34N4O2/c1-18(2)24(30)29-15-13-21(14-16-29)28-25(26-4)27-17-20-7-5-6-8-23(20)31-22-11-9-19(3)10-12-22/h5-12,18,21H,13-17H2,1-4H3,(H2,26,27,28). The summed E-state index contributed by atoms with van der Waals surface area (Å²) < 4.78 is 6.10. The zero-order chi connectivity index (χ0) is 22.2. The van der Waals surface area contributed by atoms with Gasteiger partial charge in [0.05, 0.1) is 0 Å². The normalized spacial score (nSPS) is 15.1. The summed E-state index contributed by atoms with van der Waals surface area (Å²) in [5, 5.41) is 6.90. The highest BCUT2D eigenvalue weighted by Gasteiger charge is 2.24. The minimum atomic E-state index is 0.0566. The van der Waals surface area contributed by atoms with E-state index in [-0.39, 0.29) is 11.8 Å². The maximum Gasteiger partial charge on any atom is 0.225 e. The third-order valence-corrected chi connectivity index (χ3v) is 5.53. The van der Waals surface area contributed by atoms with E-state index in [2.05, 4.69) is 28.6 Å². The largest absolute Gasteiger partial charge is 0.457 e. The quantitative estimate of drug-likeness (QED) is 0.543. The average Bonchev–Trinajstić information content (AvgIpc) is 2.79. The first-order valence-corrected chi connectivity index (χ1v) is 11.0. The second kappa shape index (κ2) is 10.8. The van der Waals surface area contributed by atoms with E-state index in [0.29, 0.717) is 12.6 Å². The minimum absolute atomic E-state index is 0.0566. The van der Waals surface area contributed by atoms with Crippen LogP contribution in [-0.2, 0) is 11.3 Å². The number of aryl methyl sites for hydroxylation is 1. The molecule has 6 heteroatoms. The van der Waals surface area contributed by atoms with E-state index in [4.69, 9.17) is 4.74 Å². The summed E-state index contributed by atoms with van der Waals surface area (Å²) in [4.78, 5) is 18.5. The van der Waals surface area contributed by atoms with Crippen LogP contribution in [0.3, 0.4) is 0 Å². The molecule has 1 amide bonds. The van der Waals surface area contributed by atoms with E-state index in [0.717, 1.165) is 49.0 Å². The van der Waals surface area contributed by atoms with Gasteiger partial charge in [-0.1, -0.05) is 49.7 Å². The van der Waals surface area contributed by atoms with Crippen LogP contribution in [-0.4, -0.2) is 42.9 Å². The zero-order valence-corrected chi connectivity index (χ0v) is 19.0. The molecule has 31 heavy (non-hydrogen) atoms. The maximum absolute atomic E-state index is 12.2. The molecule has 0 radical (unpaired) electrons. The van der Waals surface area contributed by atoms with Gasteiger partial charge in [-0.15, -0.1) is 0 Å². The van der Waals surface area contributed by atoms with Crippen LogP contribution >= 0.6 is 0 Å². The number of rotatable bonds is 6. The van der Waals surface area contributed by atoms with Crippen LogP contribution in [0.2, 0.25) is 0 Å². The van der Waals surface area contributed by atoms with E-state index in [1.807, 2.05) is 61.2 Å². The van der Waals surface area contributed by atoms with Crippen LogP contribution in [0.5, 0.6) is 11.5 Å². The highest BCUT2D eigenvalue weighted by atomic mass is 16.5. The van der Waals surface area contributed by atoms with Crippen LogP contribution in [0.4, 0.5) is 0 Å². The van der Waals surface area contributed by atoms with Crippen molar-refractivity contribution in [2.45, 2.75) is 46.2 Å². The van der Waals surface area contributed by atoms with Gasteiger partial charge in [0.2, 0.25) is 5.91 Å². The number of piperidine rings is 1. The summed E-state index contributed by atoms with van der Waals surface area (Å²) in [5.41, 5.74) is 2.26. The number of nitrogens with one attached hydrogen (secondary N) is 2. The predicted octanol–water partition coefficient (Wildman–Crippen LogP) is 4.10. The highest BCUT2D eigenvalue weighted by Crippen LogP contribution is 2.25. The Morgan fingerprint density at radius 2 is 1.81 bits per heavy atom. The molecule has 2 aromatic carbocycles. The Kier molecular flexibility index (Phi) is 7.93. The summed E-state index contributed by atoms with van der Waals surface area (Å²) in [6, 6.07) is 16.4. The molecule has 2 aromatic rings. The number of aliphatic imine (C=N–C) groups is 1. The smallest absolute Gasteiger partial charge is 0.225 e. The van der Waals surface area contributed by atoms with Gasteiger partial charge in [0, 0.05) is 44.2 Å². The van der Waals surface area contributed by atoms with Crippen molar-refractivity contribution in [2.24, 2.45) is 10.9 Å². The summed E-state index contributed by atoms with van der Waals surface area (Å²) >= 11 is 0. The summed E-state index contributed by atoms with van der Waals surface area (Å²) in [7, 11) is 1.78. The van der Waals surface area contributed by atoms with Gasteiger partial charge in [-0.05, 0) is 38.0 Å². The Hall–Kier alpha value is -3.02. The van der Waals surface area contributed by atoms with E-state index in [9.17, 15) is 4.79 Å². The van der Waals surface area contributed by atoms with Gasteiger partial charge in [-0.3, -0.25) is 9.79 Å². The molecule has 166 valence electrons. The molecule has 0 saturated carbocycles. The number of benzene rings is 2. The van der Waals surface area contributed by atoms with Crippen molar-refractivity contribution in [3.05, 3.63) is 59.7 Å². The molecule has 1 fully saturated rings. The van der Waals surface area contributed by atoms with E-state index in [1.165, 1.54) is 5.56 Å². The molecule has 6 nitrogen and oxygen atoms in total. The first-order valence-electron chi connectivity index (χ1n) is 11.0. The Morgan fingerprint density at radius 1 is 1.13 bits per heavy atom. The molecule has 0 aliphatic carbocycles. The van der Waals surface area contributed by atoms with Gasteiger partial charge < -0.3 is 20.3 Å². The number of nitrogens with zero attached hydrogens (tertiary/aromatic N) is 2. The Morgan fingerprint density at radius 3 is 2.45 bits per heavy atom. The fourth-order valence-corrected chi connectivity index (χ4v) is 3.66. The monoisotopic (exact) mass is 422 g/mol. The summed E-state index contributed by atoms with van der Waals surface area (Å²) in [5.74, 6) is 2.71. The molecular weight excluding hydrogens is 388 g/mol. The molecule has 1 heterocycles. The van der Waals surface area contributed by atoms with Crippen molar-refractivity contribution >= 4 is 11.9 Å². The summed E-state index contributed by atoms with van der Waals surface area (Å²) in [6.45, 7) is 8.16. The van der Waals surface area contributed by atoms with Gasteiger partial charge in [-0.2, -0.15) is 0 Å². The van der Waals surface area contributed by atoms with Gasteiger partial charge >= 0.3 is 0 Å². The molecule has 0 bridgehead atoms. The number of carbonyl (C=O) groups is 1. The number of hydrogen-bond acceptors (Lipinski definition) is 3. The molecule has 1 aliphatic heterocycles. The number of carbonyl (C=O) groups excluding carboxylic acids is 1. The number of amides is 1. The number of ether oxygens (including phenoxy) is 1. The van der Waals surface area contributed by atoms with E-state index in [1.54, 1.807) is 7.05 Å². The van der Waals surface area contributed by atoms with Crippen molar-refractivity contribution in [1.29, 1.82) is 0 Å². The molecule has 0 aromatic heterocycles. The molecule has 0 atom stereocenters. The van der Waals surface area contributed by atoms with Crippen molar-refractivity contribution < 1.29 is 9.53 Å². The maximum atomic E-state index is 12.2. The van der Waals surface area contributed by atoms with Gasteiger partial charge in [-0.25, -0.2) is 0 Å². The fraction of sp³-hybridized carbons (Fsp3) is 0.440.